The Hall–Kier alpha value is -2.35. The van der Waals surface area contributed by atoms with Gasteiger partial charge in [0.25, 0.3) is 0 Å². The minimum atomic E-state index is -0.772. The summed E-state index contributed by atoms with van der Waals surface area (Å²) in [5, 5.41) is 11.0. The van der Waals surface area contributed by atoms with Gasteiger partial charge in [-0.3, -0.25) is 0 Å². The minimum absolute atomic E-state index is 0.218. The fourth-order valence-electron chi connectivity index (χ4n) is 1.89. The van der Waals surface area contributed by atoms with Gasteiger partial charge < -0.3 is 5.73 Å². The van der Waals surface area contributed by atoms with Crippen molar-refractivity contribution in [1.82, 2.24) is 20.2 Å². The van der Waals surface area contributed by atoms with Crippen LogP contribution in [0.15, 0.2) is 40.9 Å². The topological polar surface area (TPSA) is 69.6 Å². The summed E-state index contributed by atoms with van der Waals surface area (Å²) in [4.78, 5) is 0. The van der Waals surface area contributed by atoms with Crippen LogP contribution in [0.2, 0.25) is 0 Å². The van der Waals surface area contributed by atoms with Gasteiger partial charge in [-0.25, -0.2) is 8.78 Å². The highest BCUT2D eigenvalue weighted by atomic mass is 79.9. The summed E-state index contributed by atoms with van der Waals surface area (Å²) in [7, 11) is 0. The van der Waals surface area contributed by atoms with Gasteiger partial charge in [-0.2, -0.15) is 4.68 Å². The molecule has 0 atom stereocenters. The van der Waals surface area contributed by atoms with Gasteiger partial charge in [0.1, 0.15) is 5.69 Å². The van der Waals surface area contributed by atoms with E-state index in [4.69, 9.17) is 5.73 Å². The first-order valence-electron chi connectivity index (χ1n) is 5.85. The molecule has 0 saturated heterocycles. The van der Waals surface area contributed by atoms with Crippen LogP contribution in [0, 0.1) is 11.6 Å². The molecule has 3 aromatic rings. The Bertz CT molecular complexity index is 778. The quantitative estimate of drug-likeness (QED) is 0.720. The predicted octanol–water partition coefficient (Wildman–Crippen LogP) is 2.95. The van der Waals surface area contributed by atoms with E-state index >= 15 is 0 Å². The average molecular weight is 352 g/mol. The Kier molecular flexibility index (Phi) is 3.38. The highest BCUT2D eigenvalue weighted by Crippen LogP contribution is 2.26. The largest absolute Gasteiger partial charge is 0.399 e. The number of nitrogens with zero attached hydrogens (tertiary/aromatic N) is 4. The summed E-state index contributed by atoms with van der Waals surface area (Å²) >= 11 is 3.03. The van der Waals surface area contributed by atoms with Crippen LogP contribution in [0.25, 0.3) is 17.1 Å². The van der Waals surface area contributed by atoms with E-state index in [-0.39, 0.29) is 11.5 Å². The lowest BCUT2D eigenvalue weighted by molar-refractivity contribution is 0.556. The number of nitrogens with two attached hydrogens (primary N) is 1. The van der Waals surface area contributed by atoms with Gasteiger partial charge in [0, 0.05) is 15.7 Å². The number of hydrogen-bond donors (Lipinski definition) is 1. The Morgan fingerprint density at radius 3 is 2.29 bits per heavy atom. The molecule has 2 aromatic carbocycles. The third kappa shape index (κ3) is 2.49. The molecule has 0 saturated carbocycles. The van der Waals surface area contributed by atoms with Crippen molar-refractivity contribution in [3.63, 3.8) is 0 Å². The first-order valence-corrected chi connectivity index (χ1v) is 6.65. The van der Waals surface area contributed by atoms with Crippen LogP contribution in [0.5, 0.6) is 0 Å². The lowest BCUT2D eigenvalue weighted by Gasteiger charge is -2.08. The SMILES string of the molecule is Nc1ccc(-c2nnnn2-c2c(F)cc(Br)cc2F)cc1. The number of hydrogen-bond acceptors (Lipinski definition) is 4. The summed E-state index contributed by atoms with van der Waals surface area (Å²) in [5.74, 6) is -1.33. The molecule has 0 radical (unpaired) electrons. The van der Waals surface area contributed by atoms with E-state index in [0.717, 1.165) is 16.8 Å². The van der Waals surface area contributed by atoms with E-state index in [0.29, 0.717) is 15.7 Å². The van der Waals surface area contributed by atoms with Crippen LogP contribution in [0.3, 0.4) is 0 Å². The molecule has 5 nitrogen and oxygen atoms in total. The molecule has 21 heavy (non-hydrogen) atoms. The first kappa shape index (κ1) is 13.6. The highest BCUT2D eigenvalue weighted by molar-refractivity contribution is 9.10. The fraction of sp³-hybridized carbons (Fsp3) is 0. The Morgan fingerprint density at radius 1 is 1.05 bits per heavy atom. The van der Waals surface area contributed by atoms with Gasteiger partial charge in [0.2, 0.25) is 0 Å². The lowest BCUT2D eigenvalue weighted by atomic mass is 10.2. The number of rotatable bonds is 2. The zero-order valence-corrected chi connectivity index (χ0v) is 12.1. The summed E-state index contributed by atoms with van der Waals surface area (Å²) < 4.78 is 29.4. The zero-order valence-electron chi connectivity index (χ0n) is 10.5. The molecule has 1 heterocycles. The third-order valence-corrected chi connectivity index (χ3v) is 3.29. The van der Waals surface area contributed by atoms with Crippen molar-refractivity contribution < 1.29 is 8.78 Å². The highest BCUT2D eigenvalue weighted by Gasteiger charge is 2.19. The Morgan fingerprint density at radius 2 is 1.67 bits per heavy atom. The number of tetrazole rings is 1. The van der Waals surface area contributed by atoms with E-state index in [1.54, 1.807) is 24.3 Å². The molecule has 2 N–H and O–H groups in total. The van der Waals surface area contributed by atoms with Crippen LogP contribution in [-0.2, 0) is 0 Å². The van der Waals surface area contributed by atoms with Gasteiger partial charge in [0.05, 0.1) is 0 Å². The molecule has 0 bridgehead atoms. The molecule has 106 valence electrons. The van der Waals surface area contributed by atoms with Gasteiger partial charge in [-0.05, 0) is 46.8 Å². The maximum absolute atomic E-state index is 14.0. The first-order chi connectivity index (χ1) is 10.1. The van der Waals surface area contributed by atoms with Crippen molar-refractivity contribution in [1.29, 1.82) is 0 Å². The number of halogens is 3. The summed E-state index contributed by atoms with van der Waals surface area (Å²) in [5.41, 5.74) is 6.43. The number of aromatic nitrogens is 4. The molecule has 0 spiro atoms. The van der Waals surface area contributed by atoms with Gasteiger partial charge in [0.15, 0.2) is 17.5 Å². The summed E-state index contributed by atoms with van der Waals surface area (Å²) in [6, 6.07) is 8.95. The monoisotopic (exact) mass is 351 g/mol. The van der Waals surface area contributed by atoms with Crippen LogP contribution in [0.4, 0.5) is 14.5 Å². The van der Waals surface area contributed by atoms with Crippen molar-refractivity contribution in [3.05, 3.63) is 52.5 Å². The number of nitrogen functional groups attached to an aromatic ring is 1. The second-order valence-corrected chi connectivity index (χ2v) is 5.17. The second-order valence-electron chi connectivity index (χ2n) is 4.25. The molecule has 0 fully saturated rings. The zero-order chi connectivity index (χ0) is 15.0. The van der Waals surface area contributed by atoms with Crippen LogP contribution in [-0.4, -0.2) is 20.2 Å². The van der Waals surface area contributed by atoms with E-state index in [2.05, 4.69) is 31.5 Å². The summed E-state index contributed by atoms with van der Waals surface area (Å²) in [6.07, 6.45) is 0. The fourth-order valence-corrected chi connectivity index (χ4v) is 2.29. The number of benzene rings is 2. The number of anilines is 1. The molecular weight excluding hydrogens is 344 g/mol. The maximum atomic E-state index is 14.0. The molecule has 0 aliphatic carbocycles. The summed E-state index contributed by atoms with van der Waals surface area (Å²) in [6.45, 7) is 0. The smallest absolute Gasteiger partial charge is 0.187 e. The third-order valence-electron chi connectivity index (χ3n) is 2.83. The second kappa shape index (κ2) is 5.21. The van der Waals surface area contributed by atoms with Crippen molar-refractivity contribution in [2.24, 2.45) is 0 Å². The van der Waals surface area contributed by atoms with Crippen molar-refractivity contribution in [2.75, 3.05) is 5.73 Å². The van der Waals surface area contributed by atoms with E-state index in [1.165, 1.54) is 0 Å². The van der Waals surface area contributed by atoms with Crippen molar-refractivity contribution in [3.8, 4) is 17.1 Å². The molecule has 0 aliphatic rings. The Balaban J connectivity index is 2.18. The lowest BCUT2D eigenvalue weighted by Crippen LogP contribution is -2.06. The van der Waals surface area contributed by atoms with E-state index in [1.807, 2.05) is 0 Å². The molecule has 3 rings (SSSR count). The maximum Gasteiger partial charge on any atom is 0.187 e. The van der Waals surface area contributed by atoms with Crippen molar-refractivity contribution >= 4 is 21.6 Å². The molecule has 0 unspecified atom stereocenters. The molecule has 8 heteroatoms. The standard InChI is InChI=1S/C13H8BrF2N5/c14-8-5-10(15)12(11(16)6-8)21-13(18-19-20-21)7-1-3-9(17)4-2-7/h1-6H,17H2. The minimum Gasteiger partial charge on any atom is -0.399 e. The van der Waals surface area contributed by atoms with E-state index < -0.39 is 11.6 Å². The van der Waals surface area contributed by atoms with Crippen LogP contribution in [0.1, 0.15) is 0 Å². The molecule has 1 aromatic heterocycles. The molecule has 0 amide bonds. The van der Waals surface area contributed by atoms with Crippen molar-refractivity contribution in [2.45, 2.75) is 0 Å². The Labute approximate surface area is 126 Å². The average Bonchev–Trinajstić information content (AvgIpc) is 2.87. The normalized spacial score (nSPS) is 10.8. The van der Waals surface area contributed by atoms with E-state index in [9.17, 15) is 8.78 Å². The van der Waals surface area contributed by atoms with Gasteiger partial charge in [-0.15, -0.1) is 5.10 Å². The predicted molar refractivity (Wildman–Crippen MR) is 76.6 cm³/mol. The van der Waals surface area contributed by atoms with Gasteiger partial charge in [-0.1, -0.05) is 15.9 Å². The van der Waals surface area contributed by atoms with Crippen LogP contribution < -0.4 is 5.73 Å². The van der Waals surface area contributed by atoms with Gasteiger partial charge >= 0.3 is 0 Å². The van der Waals surface area contributed by atoms with Crippen LogP contribution >= 0.6 is 15.9 Å². The molecule has 0 aliphatic heterocycles. The molecular formula is C13H8BrF2N5.